The van der Waals surface area contributed by atoms with Crippen molar-refractivity contribution in [2.45, 2.75) is 37.0 Å². The largest absolute Gasteiger partial charge is 0.459 e. The summed E-state index contributed by atoms with van der Waals surface area (Å²) in [5.74, 6) is -1.92. The molecule has 6 rings (SSSR count). The standard InChI is InChI=1S/C34H28O9/c35-30(22-13-5-1-6-14-22)38-21-26-27(40-31(36)23-15-7-2-8-16-23)28(41-32(37)24-17-9-3-10-18-24)29-34(39-26)43-33(42-29)25-19-11-4-12-20-25/h1-20,26-29,33-34H,21H2/t26-,27-,28+,29-,33+,34-/m1/s1. The number of hydrogen-bond donors (Lipinski definition) is 0. The molecule has 6 atom stereocenters. The fourth-order valence-electron chi connectivity index (χ4n) is 4.95. The van der Waals surface area contributed by atoms with E-state index in [0.29, 0.717) is 11.1 Å². The molecule has 9 heteroatoms. The van der Waals surface area contributed by atoms with E-state index in [4.69, 9.17) is 28.4 Å². The molecule has 43 heavy (non-hydrogen) atoms. The molecule has 9 nitrogen and oxygen atoms in total. The summed E-state index contributed by atoms with van der Waals surface area (Å²) in [6, 6.07) is 34.5. The number of hydrogen-bond acceptors (Lipinski definition) is 9. The van der Waals surface area contributed by atoms with E-state index >= 15 is 0 Å². The van der Waals surface area contributed by atoms with E-state index in [1.807, 2.05) is 30.3 Å². The number of carbonyl (C=O) groups excluding carboxylic acids is 3. The molecule has 0 radical (unpaired) electrons. The summed E-state index contributed by atoms with van der Waals surface area (Å²) in [7, 11) is 0. The molecule has 0 bridgehead atoms. The van der Waals surface area contributed by atoms with Crippen molar-refractivity contribution in [3.05, 3.63) is 144 Å². The lowest BCUT2D eigenvalue weighted by atomic mass is 9.98. The van der Waals surface area contributed by atoms with E-state index in [1.54, 1.807) is 91.0 Å². The van der Waals surface area contributed by atoms with Gasteiger partial charge in [0.25, 0.3) is 0 Å². The molecule has 0 N–H and O–H groups in total. The maximum Gasteiger partial charge on any atom is 0.338 e. The van der Waals surface area contributed by atoms with Crippen LogP contribution in [0, 0.1) is 0 Å². The summed E-state index contributed by atoms with van der Waals surface area (Å²) in [6.07, 6.45) is -6.28. The zero-order chi connectivity index (χ0) is 29.6. The van der Waals surface area contributed by atoms with Crippen molar-refractivity contribution in [1.29, 1.82) is 0 Å². The Morgan fingerprint density at radius 1 is 0.535 bits per heavy atom. The van der Waals surface area contributed by atoms with Gasteiger partial charge in [-0.25, -0.2) is 14.4 Å². The minimum absolute atomic E-state index is 0.281. The second-order valence-electron chi connectivity index (χ2n) is 9.96. The summed E-state index contributed by atoms with van der Waals surface area (Å²) in [5.41, 5.74) is 1.64. The van der Waals surface area contributed by atoms with Crippen LogP contribution >= 0.6 is 0 Å². The van der Waals surface area contributed by atoms with Crippen LogP contribution in [-0.2, 0) is 28.4 Å². The van der Waals surface area contributed by atoms with Crippen molar-refractivity contribution in [2.75, 3.05) is 6.61 Å². The number of fused-ring (bicyclic) bond motifs is 1. The molecule has 2 fully saturated rings. The molecular formula is C34H28O9. The monoisotopic (exact) mass is 580 g/mol. The summed E-state index contributed by atoms with van der Waals surface area (Å²) in [5, 5.41) is 0. The second-order valence-corrected chi connectivity index (χ2v) is 9.96. The molecular weight excluding hydrogens is 552 g/mol. The highest BCUT2D eigenvalue weighted by Crippen LogP contribution is 2.40. The van der Waals surface area contributed by atoms with E-state index in [-0.39, 0.29) is 12.2 Å². The van der Waals surface area contributed by atoms with E-state index in [0.717, 1.165) is 5.56 Å². The SMILES string of the molecule is O=C(OC[C@H]1O[C@@H]2O[C@@H](c3ccccc3)O[C@@H]2[C@@H](OC(=O)c2ccccc2)[C@@H]1OC(=O)c1ccccc1)c1ccccc1. The first-order valence-corrected chi connectivity index (χ1v) is 13.8. The molecule has 0 saturated carbocycles. The van der Waals surface area contributed by atoms with Gasteiger partial charge in [0.1, 0.15) is 12.7 Å². The van der Waals surface area contributed by atoms with Crippen LogP contribution in [-0.4, -0.2) is 55.2 Å². The first-order valence-electron chi connectivity index (χ1n) is 13.8. The van der Waals surface area contributed by atoms with Gasteiger partial charge in [0.15, 0.2) is 30.9 Å². The Hall–Kier alpha value is -4.83. The lowest BCUT2D eigenvalue weighted by Gasteiger charge is -2.41. The van der Waals surface area contributed by atoms with Crippen molar-refractivity contribution in [3.63, 3.8) is 0 Å². The van der Waals surface area contributed by atoms with Crippen LogP contribution in [0.5, 0.6) is 0 Å². The number of rotatable bonds is 8. The summed E-state index contributed by atoms with van der Waals surface area (Å²) < 4.78 is 36.1. The Balaban J connectivity index is 1.32. The summed E-state index contributed by atoms with van der Waals surface area (Å²) in [6.45, 7) is -0.317. The first kappa shape index (κ1) is 28.3. The van der Waals surface area contributed by atoms with Gasteiger partial charge in [0, 0.05) is 5.56 Å². The van der Waals surface area contributed by atoms with Gasteiger partial charge in [-0.15, -0.1) is 0 Å². The molecule has 0 unspecified atom stereocenters. The van der Waals surface area contributed by atoms with Crippen LogP contribution in [0.1, 0.15) is 42.9 Å². The highest BCUT2D eigenvalue weighted by atomic mass is 16.8. The van der Waals surface area contributed by atoms with Crippen LogP contribution < -0.4 is 0 Å². The smallest absolute Gasteiger partial charge is 0.338 e. The maximum absolute atomic E-state index is 13.3. The van der Waals surface area contributed by atoms with Gasteiger partial charge in [-0.05, 0) is 36.4 Å². The highest BCUT2D eigenvalue weighted by Gasteiger charge is 2.56. The lowest BCUT2D eigenvalue weighted by Crippen LogP contribution is -2.60. The van der Waals surface area contributed by atoms with Crippen molar-refractivity contribution >= 4 is 17.9 Å². The van der Waals surface area contributed by atoms with Gasteiger partial charge in [0.2, 0.25) is 0 Å². The minimum atomic E-state index is -1.22. The van der Waals surface area contributed by atoms with Crippen LogP contribution in [0.2, 0.25) is 0 Å². The van der Waals surface area contributed by atoms with E-state index in [2.05, 4.69) is 0 Å². The molecule has 2 heterocycles. The molecule has 2 aliphatic rings. The number of benzene rings is 4. The first-order chi connectivity index (χ1) is 21.1. The quantitative estimate of drug-likeness (QED) is 0.207. The molecule has 2 aliphatic heterocycles. The van der Waals surface area contributed by atoms with Crippen LogP contribution in [0.3, 0.4) is 0 Å². The Morgan fingerprint density at radius 3 is 1.53 bits per heavy atom. The Kier molecular flexibility index (Phi) is 8.55. The third-order valence-electron chi connectivity index (χ3n) is 7.09. The predicted octanol–water partition coefficient (Wildman–Crippen LogP) is 5.13. The number of carbonyl (C=O) groups is 3. The van der Waals surface area contributed by atoms with E-state index in [9.17, 15) is 14.4 Å². The predicted molar refractivity (Wildman–Crippen MR) is 152 cm³/mol. The van der Waals surface area contributed by atoms with Gasteiger partial charge in [-0.1, -0.05) is 84.9 Å². The maximum atomic E-state index is 13.3. The van der Waals surface area contributed by atoms with Gasteiger partial charge in [-0.2, -0.15) is 0 Å². The zero-order valence-electron chi connectivity index (χ0n) is 22.9. The normalized spacial score (nSPS) is 24.4. The molecule has 0 aliphatic carbocycles. The average molecular weight is 581 g/mol. The summed E-state index contributed by atoms with van der Waals surface area (Å²) >= 11 is 0. The van der Waals surface area contributed by atoms with Crippen molar-refractivity contribution < 1.29 is 42.8 Å². The van der Waals surface area contributed by atoms with E-state index in [1.165, 1.54) is 0 Å². The fourth-order valence-corrected chi connectivity index (χ4v) is 4.95. The molecule has 4 aromatic carbocycles. The Bertz CT molecular complexity index is 1530. The third kappa shape index (κ3) is 6.49. The highest BCUT2D eigenvalue weighted by molar-refractivity contribution is 5.91. The second kappa shape index (κ2) is 13.0. The van der Waals surface area contributed by atoms with Crippen molar-refractivity contribution in [2.24, 2.45) is 0 Å². The molecule has 4 aromatic rings. The topological polar surface area (TPSA) is 107 Å². The van der Waals surface area contributed by atoms with Gasteiger partial charge < -0.3 is 28.4 Å². The molecule has 0 amide bonds. The minimum Gasteiger partial charge on any atom is -0.459 e. The summed E-state index contributed by atoms with van der Waals surface area (Å²) in [4.78, 5) is 39.4. The Labute approximate surface area is 247 Å². The fraction of sp³-hybridized carbons (Fsp3) is 0.206. The van der Waals surface area contributed by atoms with E-state index < -0.39 is 54.9 Å². The number of ether oxygens (including phenoxy) is 6. The number of esters is 3. The third-order valence-corrected chi connectivity index (χ3v) is 7.09. The Morgan fingerprint density at radius 2 is 1.00 bits per heavy atom. The van der Waals surface area contributed by atoms with Crippen molar-refractivity contribution in [1.82, 2.24) is 0 Å². The van der Waals surface area contributed by atoms with Gasteiger partial charge in [0.05, 0.1) is 16.7 Å². The average Bonchev–Trinajstić information content (AvgIpc) is 3.50. The van der Waals surface area contributed by atoms with Gasteiger partial charge in [-0.3, -0.25) is 0 Å². The molecule has 0 spiro atoms. The van der Waals surface area contributed by atoms with Crippen LogP contribution in [0.25, 0.3) is 0 Å². The molecule has 218 valence electrons. The molecule has 2 saturated heterocycles. The van der Waals surface area contributed by atoms with Crippen molar-refractivity contribution in [3.8, 4) is 0 Å². The zero-order valence-corrected chi connectivity index (χ0v) is 22.9. The molecule has 0 aromatic heterocycles. The van der Waals surface area contributed by atoms with Crippen LogP contribution in [0.15, 0.2) is 121 Å². The van der Waals surface area contributed by atoms with Crippen LogP contribution in [0.4, 0.5) is 0 Å². The van der Waals surface area contributed by atoms with Gasteiger partial charge >= 0.3 is 17.9 Å². The lowest BCUT2D eigenvalue weighted by molar-refractivity contribution is -0.252.